The van der Waals surface area contributed by atoms with Crippen molar-refractivity contribution in [1.82, 2.24) is 4.98 Å². The van der Waals surface area contributed by atoms with E-state index in [1.165, 1.54) is 0 Å². The van der Waals surface area contributed by atoms with E-state index in [1.807, 2.05) is 36.4 Å². The van der Waals surface area contributed by atoms with Gasteiger partial charge < -0.3 is 14.9 Å². The molecule has 1 aliphatic heterocycles. The first kappa shape index (κ1) is 11.6. The topological polar surface area (TPSA) is 65.9 Å². The molecule has 1 saturated heterocycles. The Kier molecular flexibility index (Phi) is 2.10. The third-order valence-corrected chi connectivity index (χ3v) is 4.55. The van der Waals surface area contributed by atoms with Crippen molar-refractivity contribution in [2.45, 2.75) is 24.4 Å². The van der Waals surface area contributed by atoms with E-state index in [-0.39, 0.29) is 12.2 Å². The summed E-state index contributed by atoms with van der Waals surface area (Å²) in [7, 11) is 0. The molecule has 1 aliphatic carbocycles. The number of para-hydroxylation sites is 1. The highest BCUT2D eigenvalue weighted by molar-refractivity contribution is 5.95. The SMILES string of the molecule is O[C@H]1[C@@H]2O[C@@H]2c2c(ccc3cc4ccccc4nc23)[C@@H]1O. The molecule has 5 rings (SSSR count). The van der Waals surface area contributed by atoms with Crippen LogP contribution in [-0.2, 0) is 4.74 Å². The molecule has 0 unspecified atom stereocenters. The second-order valence-electron chi connectivity index (χ2n) is 5.78. The van der Waals surface area contributed by atoms with E-state index in [0.717, 1.165) is 32.9 Å². The third kappa shape index (κ3) is 1.47. The second-order valence-corrected chi connectivity index (χ2v) is 5.78. The van der Waals surface area contributed by atoms with Crippen molar-refractivity contribution < 1.29 is 14.9 Å². The summed E-state index contributed by atoms with van der Waals surface area (Å²) < 4.78 is 5.56. The summed E-state index contributed by atoms with van der Waals surface area (Å²) in [5, 5.41) is 22.3. The fourth-order valence-electron chi connectivity index (χ4n) is 3.42. The van der Waals surface area contributed by atoms with Crippen LogP contribution in [-0.4, -0.2) is 27.4 Å². The number of rotatable bonds is 0. The van der Waals surface area contributed by atoms with Gasteiger partial charge in [-0.1, -0.05) is 30.3 Å². The number of hydrogen-bond acceptors (Lipinski definition) is 4. The molecular weight excluding hydrogens is 266 g/mol. The molecule has 21 heavy (non-hydrogen) atoms. The van der Waals surface area contributed by atoms with E-state index in [4.69, 9.17) is 9.72 Å². The molecule has 3 aromatic rings. The Morgan fingerprint density at radius 1 is 1.00 bits per heavy atom. The van der Waals surface area contributed by atoms with Crippen LogP contribution in [0.15, 0.2) is 42.5 Å². The largest absolute Gasteiger partial charge is 0.387 e. The number of epoxide rings is 1. The van der Waals surface area contributed by atoms with Crippen molar-refractivity contribution in [1.29, 1.82) is 0 Å². The lowest BCUT2D eigenvalue weighted by atomic mass is 9.85. The maximum Gasteiger partial charge on any atom is 0.118 e. The first-order valence-electron chi connectivity index (χ1n) is 7.08. The van der Waals surface area contributed by atoms with E-state index < -0.39 is 12.2 Å². The highest BCUT2D eigenvalue weighted by atomic mass is 16.6. The van der Waals surface area contributed by atoms with Gasteiger partial charge in [-0.25, -0.2) is 4.98 Å². The molecule has 0 radical (unpaired) electrons. The van der Waals surface area contributed by atoms with Crippen LogP contribution in [0.25, 0.3) is 21.8 Å². The number of nitrogens with zero attached hydrogens (tertiary/aromatic N) is 1. The Morgan fingerprint density at radius 3 is 2.76 bits per heavy atom. The van der Waals surface area contributed by atoms with Crippen molar-refractivity contribution in [2.75, 3.05) is 0 Å². The molecule has 4 atom stereocenters. The van der Waals surface area contributed by atoms with Gasteiger partial charge in [0, 0.05) is 16.3 Å². The average molecular weight is 279 g/mol. The normalized spacial score (nSPS) is 30.2. The number of benzene rings is 2. The first-order valence-corrected chi connectivity index (χ1v) is 7.08. The smallest absolute Gasteiger partial charge is 0.118 e. The van der Waals surface area contributed by atoms with Gasteiger partial charge in [0.25, 0.3) is 0 Å². The van der Waals surface area contributed by atoms with Gasteiger partial charge in [-0.05, 0) is 17.7 Å². The molecule has 0 amide bonds. The quantitative estimate of drug-likeness (QED) is 0.489. The Morgan fingerprint density at radius 2 is 1.86 bits per heavy atom. The molecule has 0 spiro atoms. The predicted octanol–water partition coefficient (Wildman–Crippen LogP) is 2.24. The standard InChI is InChI=1S/C17H13NO3/c19-14-10-6-5-9-7-8-3-1-2-4-11(8)18-13(9)12(10)16-17(21-16)15(14)20/h1-7,14-17,19-20H/t14-,15+,16+,17-/m0/s1. The summed E-state index contributed by atoms with van der Waals surface area (Å²) in [4.78, 5) is 4.75. The van der Waals surface area contributed by atoms with Crippen LogP contribution in [0.3, 0.4) is 0 Å². The van der Waals surface area contributed by atoms with Gasteiger partial charge in [-0.15, -0.1) is 0 Å². The summed E-state index contributed by atoms with van der Waals surface area (Å²) in [5.41, 5.74) is 3.46. The molecule has 0 bridgehead atoms. The Labute approximate surface area is 120 Å². The zero-order valence-corrected chi connectivity index (χ0v) is 11.1. The Hall–Kier alpha value is -2.01. The summed E-state index contributed by atoms with van der Waals surface area (Å²) in [5.74, 6) is 0. The van der Waals surface area contributed by atoms with Gasteiger partial charge in [0.2, 0.25) is 0 Å². The van der Waals surface area contributed by atoms with Crippen LogP contribution in [0.1, 0.15) is 23.3 Å². The van der Waals surface area contributed by atoms with Crippen LogP contribution in [0.2, 0.25) is 0 Å². The van der Waals surface area contributed by atoms with Crippen molar-refractivity contribution in [3.8, 4) is 0 Å². The van der Waals surface area contributed by atoms with Gasteiger partial charge in [-0.3, -0.25) is 0 Å². The highest BCUT2D eigenvalue weighted by Crippen LogP contribution is 2.52. The minimum absolute atomic E-state index is 0.143. The lowest BCUT2D eigenvalue weighted by Gasteiger charge is -2.24. The van der Waals surface area contributed by atoms with Gasteiger partial charge in [0.15, 0.2) is 0 Å². The van der Waals surface area contributed by atoms with E-state index in [2.05, 4.69) is 6.07 Å². The second kappa shape index (κ2) is 3.80. The minimum Gasteiger partial charge on any atom is -0.387 e. The van der Waals surface area contributed by atoms with Crippen LogP contribution < -0.4 is 0 Å². The molecule has 104 valence electrons. The minimum atomic E-state index is -0.901. The summed E-state index contributed by atoms with van der Waals surface area (Å²) in [6.07, 6.45) is -2.19. The average Bonchev–Trinajstić information content (AvgIpc) is 3.30. The van der Waals surface area contributed by atoms with Gasteiger partial charge in [0.1, 0.15) is 24.4 Å². The predicted molar refractivity (Wildman–Crippen MR) is 77.8 cm³/mol. The maximum atomic E-state index is 10.2. The molecule has 2 N–H and O–H groups in total. The third-order valence-electron chi connectivity index (χ3n) is 4.55. The van der Waals surface area contributed by atoms with Crippen molar-refractivity contribution in [3.63, 3.8) is 0 Å². The molecule has 2 aromatic carbocycles. The summed E-state index contributed by atoms with van der Waals surface area (Å²) >= 11 is 0. The van der Waals surface area contributed by atoms with E-state index in [0.29, 0.717) is 0 Å². The van der Waals surface area contributed by atoms with Crippen LogP contribution >= 0.6 is 0 Å². The Balaban J connectivity index is 1.87. The molecule has 4 nitrogen and oxygen atoms in total. The fraction of sp³-hybridized carbons (Fsp3) is 0.235. The molecule has 1 aromatic heterocycles. The van der Waals surface area contributed by atoms with Gasteiger partial charge in [0.05, 0.1) is 11.0 Å². The summed E-state index contributed by atoms with van der Waals surface area (Å²) in [6, 6.07) is 13.9. The van der Waals surface area contributed by atoms with Crippen molar-refractivity contribution >= 4 is 21.8 Å². The van der Waals surface area contributed by atoms with Crippen molar-refractivity contribution in [3.05, 3.63) is 53.6 Å². The van der Waals surface area contributed by atoms with Crippen LogP contribution in [0.5, 0.6) is 0 Å². The zero-order chi connectivity index (χ0) is 14.1. The number of hydrogen-bond donors (Lipinski definition) is 2. The van der Waals surface area contributed by atoms with Crippen LogP contribution in [0, 0.1) is 0 Å². The number of aliphatic hydroxyl groups is 2. The molecule has 4 heteroatoms. The van der Waals surface area contributed by atoms with Gasteiger partial charge in [-0.2, -0.15) is 0 Å². The fourth-order valence-corrected chi connectivity index (χ4v) is 3.42. The maximum absolute atomic E-state index is 10.2. The Bertz CT molecular complexity index is 892. The van der Waals surface area contributed by atoms with Crippen molar-refractivity contribution in [2.24, 2.45) is 0 Å². The van der Waals surface area contributed by atoms with E-state index in [1.54, 1.807) is 0 Å². The number of ether oxygens (including phenoxy) is 1. The van der Waals surface area contributed by atoms with Crippen LogP contribution in [0.4, 0.5) is 0 Å². The number of aromatic nitrogens is 1. The molecular formula is C17H13NO3. The van der Waals surface area contributed by atoms with Gasteiger partial charge >= 0.3 is 0 Å². The molecule has 2 aliphatic rings. The monoisotopic (exact) mass is 279 g/mol. The highest BCUT2D eigenvalue weighted by Gasteiger charge is 2.54. The summed E-state index contributed by atoms with van der Waals surface area (Å²) in [6.45, 7) is 0. The van der Waals surface area contributed by atoms with E-state index >= 15 is 0 Å². The first-order chi connectivity index (χ1) is 10.2. The number of fused-ring (bicyclic) bond motifs is 6. The lowest BCUT2D eigenvalue weighted by Crippen LogP contribution is -2.29. The number of aliphatic hydroxyl groups excluding tert-OH is 2. The lowest BCUT2D eigenvalue weighted by molar-refractivity contribution is 0.0000942. The molecule has 2 heterocycles. The number of pyridine rings is 1. The van der Waals surface area contributed by atoms with E-state index in [9.17, 15) is 10.2 Å². The molecule has 0 saturated carbocycles. The molecule has 1 fully saturated rings. The zero-order valence-electron chi connectivity index (χ0n) is 11.1.